The standard InChI is InChI=1S/C17H12F2O5/c1-22-14-7-12(21)16(23-2)17-15(14)11(20)6-13(24-17)8-3-4-9(18)10(19)5-8/h3-7,21H,1-2H3. The number of hydrogen-bond donors (Lipinski definition) is 1. The zero-order valence-corrected chi connectivity index (χ0v) is 12.7. The molecule has 0 saturated heterocycles. The van der Waals surface area contributed by atoms with Gasteiger partial charge in [-0.3, -0.25) is 4.79 Å². The topological polar surface area (TPSA) is 68.9 Å². The Morgan fingerprint density at radius 2 is 1.79 bits per heavy atom. The molecule has 0 saturated carbocycles. The Bertz CT molecular complexity index is 994. The molecule has 3 aromatic rings. The second-order valence-electron chi connectivity index (χ2n) is 4.94. The summed E-state index contributed by atoms with van der Waals surface area (Å²) in [5.74, 6) is -2.33. The van der Waals surface area contributed by atoms with Gasteiger partial charge in [0, 0.05) is 17.7 Å². The predicted octanol–water partition coefficient (Wildman–Crippen LogP) is 3.46. The fourth-order valence-electron chi connectivity index (χ4n) is 2.41. The third-order valence-electron chi connectivity index (χ3n) is 3.53. The molecular weight excluding hydrogens is 322 g/mol. The van der Waals surface area contributed by atoms with Gasteiger partial charge < -0.3 is 19.0 Å². The third-order valence-corrected chi connectivity index (χ3v) is 3.53. The van der Waals surface area contributed by atoms with Gasteiger partial charge in [0.1, 0.15) is 16.9 Å². The Morgan fingerprint density at radius 1 is 1.04 bits per heavy atom. The van der Waals surface area contributed by atoms with Gasteiger partial charge in [-0.15, -0.1) is 0 Å². The van der Waals surface area contributed by atoms with Gasteiger partial charge in [-0.2, -0.15) is 0 Å². The van der Waals surface area contributed by atoms with E-state index in [2.05, 4.69) is 0 Å². The van der Waals surface area contributed by atoms with Crippen LogP contribution in [0.5, 0.6) is 17.2 Å². The smallest absolute Gasteiger partial charge is 0.204 e. The Balaban J connectivity index is 2.37. The summed E-state index contributed by atoms with van der Waals surface area (Å²) < 4.78 is 42.3. The lowest BCUT2D eigenvalue weighted by Gasteiger charge is -2.11. The van der Waals surface area contributed by atoms with Crippen LogP contribution in [0.25, 0.3) is 22.3 Å². The van der Waals surface area contributed by atoms with Crippen molar-refractivity contribution in [3.05, 3.63) is 52.2 Å². The van der Waals surface area contributed by atoms with E-state index in [0.29, 0.717) is 0 Å². The maximum atomic E-state index is 13.4. The van der Waals surface area contributed by atoms with Crippen molar-refractivity contribution in [1.29, 1.82) is 0 Å². The van der Waals surface area contributed by atoms with E-state index in [1.54, 1.807) is 0 Å². The molecule has 0 atom stereocenters. The normalized spacial score (nSPS) is 10.8. The Kier molecular flexibility index (Phi) is 3.84. The fraction of sp³-hybridized carbons (Fsp3) is 0.118. The van der Waals surface area contributed by atoms with Crippen molar-refractivity contribution in [1.82, 2.24) is 0 Å². The van der Waals surface area contributed by atoms with Crippen molar-refractivity contribution in [2.75, 3.05) is 14.2 Å². The molecule has 24 heavy (non-hydrogen) atoms. The molecule has 0 aliphatic rings. The largest absolute Gasteiger partial charge is 0.504 e. The van der Waals surface area contributed by atoms with Gasteiger partial charge in [0.2, 0.25) is 5.75 Å². The van der Waals surface area contributed by atoms with E-state index in [0.717, 1.165) is 18.2 Å². The first kappa shape index (κ1) is 15.8. The van der Waals surface area contributed by atoms with Crippen molar-refractivity contribution in [3.8, 4) is 28.6 Å². The average Bonchev–Trinajstić information content (AvgIpc) is 2.56. The van der Waals surface area contributed by atoms with Crippen LogP contribution in [0.2, 0.25) is 0 Å². The molecular formula is C17H12F2O5. The summed E-state index contributed by atoms with van der Waals surface area (Å²) in [5.41, 5.74) is -0.370. The van der Waals surface area contributed by atoms with E-state index in [1.807, 2.05) is 0 Å². The monoisotopic (exact) mass is 334 g/mol. The highest BCUT2D eigenvalue weighted by Gasteiger charge is 2.20. The van der Waals surface area contributed by atoms with Gasteiger partial charge >= 0.3 is 0 Å². The number of phenols is 1. The summed E-state index contributed by atoms with van der Waals surface area (Å²) in [4.78, 5) is 12.4. The van der Waals surface area contributed by atoms with Crippen LogP contribution in [-0.2, 0) is 0 Å². The van der Waals surface area contributed by atoms with E-state index >= 15 is 0 Å². The molecule has 5 nitrogen and oxygen atoms in total. The fourth-order valence-corrected chi connectivity index (χ4v) is 2.41. The van der Waals surface area contributed by atoms with Gasteiger partial charge in [0.25, 0.3) is 0 Å². The van der Waals surface area contributed by atoms with Crippen LogP contribution in [-0.4, -0.2) is 19.3 Å². The summed E-state index contributed by atoms with van der Waals surface area (Å²) in [6, 6.07) is 5.47. The first-order valence-corrected chi connectivity index (χ1v) is 6.83. The molecule has 0 amide bonds. The summed E-state index contributed by atoms with van der Waals surface area (Å²) >= 11 is 0. The molecule has 1 N–H and O–H groups in total. The number of methoxy groups -OCH3 is 2. The van der Waals surface area contributed by atoms with E-state index in [4.69, 9.17) is 13.9 Å². The zero-order valence-electron chi connectivity index (χ0n) is 12.7. The minimum Gasteiger partial charge on any atom is -0.504 e. The van der Waals surface area contributed by atoms with Gasteiger partial charge in [-0.05, 0) is 18.2 Å². The highest BCUT2D eigenvalue weighted by molar-refractivity contribution is 5.91. The molecule has 124 valence electrons. The van der Waals surface area contributed by atoms with E-state index in [9.17, 15) is 18.7 Å². The molecule has 0 bridgehead atoms. The van der Waals surface area contributed by atoms with Crippen LogP contribution in [0, 0.1) is 11.6 Å². The maximum Gasteiger partial charge on any atom is 0.204 e. The minimum atomic E-state index is -1.07. The number of fused-ring (bicyclic) bond motifs is 1. The van der Waals surface area contributed by atoms with Crippen molar-refractivity contribution in [2.45, 2.75) is 0 Å². The number of aromatic hydroxyl groups is 1. The average molecular weight is 334 g/mol. The number of rotatable bonds is 3. The second-order valence-corrected chi connectivity index (χ2v) is 4.94. The van der Waals surface area contributed by atoms with Crippen LogP contribution in [0.3, 0.4) is 0 Å². The third kappa shape index (κ3) is 2.44. The minimum absolute atomic E-state index is 0.00245. The van der Waals surface area contributed by atoms with Crippen LogP contribution < -0.4 is 14.9 Å². The number of halogens is 2. The molecule has 0 unspecified atom stereocenters. The summed E-state index contributed by atoms with van der Waals surface area (Å²) in [7, 11) is 2.63. The number of benzene rings is 2. The molecule has 1 heterocycles. The van der Waals surface area contributed by atoms with E-state index in [1.165, 1.54) is 26.4 Å². The summed E-state index contributed by atoms with van der Waals surface area (Å²) in [6.07, 6.45) is 0. The molecule has 1 aromatic heterocycles. The van der Waals surface area contributed by atoms with Crippen molar-refractivity contribution < 1.29 is 27.8 Å². The van der Waals surface area contributed by atoms with Crippen molar-refractivity contribution in [3.63, 3.8) is 0 Å². The highest BCUT2D eigenvalue weighted by atomic mass is 19.2. The second kappa shape index (κ2) is 5.84. The molecule has 0 radical (unpaired) electrons. The van der Waals surface area contributed by atoms with Crippen LogP contribution in [0.1, 0.15) is 0 Å². The van der Waals surface area contributed by atoms with Gasteiger partial charge in [-0.25, -0.2) is 8.78 Å². The SMILES string of the molecule is COc1c(O)cc(OC)c2c(=O)cc(-c3ccc(F)c(F)c3)oc12. The van der Waals surface area contributed by atoms with Gasteiger partial charge in [-0.1, -0.05) is 0 Å². The summed E-state index contributed by atoms with van der Waals surface area (Å²) in [5, 5.41) is 10.0. The first-order valence-electron chi connectivity index (χ1n) is 6.83. The maximum absolute atomic E-state index is 13.4. The summed E-state index contributed by atoms with van der Waals surface area (Å²) in [6.45, 7) is 0. The Labute approximate surface area is 134 Å². The van der Waals surface area contributed by atoms with Crippen LogP contribution in [0.15, 0.2) is 39.5 Å². The number of phenolic OH excluding ortho intramolecular Hbond substituents is 1. The Hall–Kier alpha value is -3.09. The quantitative estimate of drug-likeness (QED) is 0.794. The molecule has 0 fully saturated rings. The van der Waals surface area contributed by atoms with E-state index in [-0.39, 0.29) is 39.5 Å². The lowest BCUT2D eigenvalue weighted by molar-refractivity contribution is 0.364. The lowest BCUT2D eigenvalue weighted by atomic mass is 10.1. The van der Waals surface area contributed by atoms with E-state index < -0.39 is 17.1 Å². The van der Waals surface area contributed by atoms with Crippen molar-refractivity contribution in [2.24, 2.45) is 0 Å². The van der Waals surface area contributed by atoms with Crippen LogP contribution in [0.4, 0.5) is 8.78 Å². The highest BCUT2D eigenvalue weighted by Crippen LogP contribution is 2.40. The lowest BCUT2D eigenvalue weighted by Crippen LogP contribution is -2.04. The molecule has 0 spiro atoms. The van der Waals surface area contributed by atoms with Crippen LogP contribution >= 0.6 is 0 Å². The first-order chi connectivity index (χ1) is 11.5. The molecule has 2 aromatic carbocycles. The molecule has 0 aliphatic heterocycles. The molecule has 3 rings (SSSR count). The Morgan fingerprint density at radius 3 is 2.42 bits per heavy atom. The number of ether oxygens (including phenoxy) is 2. The molecule has 0 aliphatic carbocycles. The van der Waals surface area contributed by atoms with Gasteiger partial charge in [0.05, 0.1) is 14.2 Å². The van der Waals surface area contributed by atoms with Crippen molar-refractivity contribution >= 4 is 11.0 Å². The zero-order chi connectivity index (χ0) is 17.4. The number of hydrogen-bond acceptors (Lipinski definition) is 5. The predicted molar refractivity (Wildman–Crippen MR) is 82.6 cm³/mol. The molecule has 7 heteroatoms. The van der Waals surface area contributed by atoms with Gasteiger partial charge in [0.15, 0.2) is 28.4 Å².